The van der Waals surface area contributed by atoms with Crippen LogP contribution in [-0.4, -0.2) is 15.7 Å². The number of halogens is 2. The molecule has 5 nitrogen and oxygen atoms in total. The molecule has 3 aromatic rings. The van der Waals surface area contributed by atoms with Gasteiger partial charge >= 0.3 is 0 Å². The van der Waals surface area contributed by atoms with Gasteiger partial charge in [0.15, 0.2) is 5.69 Å². The first-order chi connectivity index (χ1) is 12.4. The Labute approximate surface area is 157 Å². The van der Waals surface area contributed by atoms with Gasteiger partial charge < -0.3 is 5.32 Å². The van der Waals surface area contributed by atoms with Crippen molar-refractivity contribution in [2.75, 3.05) is 5.32 Å². The van der Waals surface area contributed by atoms with Crippen molar-refractivity contribution in [3.05, 3.63) is 86.0 Å². The van der Waals surface area contributed by atoms with Crippen LogP contribution in [0, 0.1) is 19.7 Å². The van der Waals surface area contributed by atoms with Gasteiger partial charge in [0.25, 0.3) is 5.91 Å². The lowest BCUT2D eigenvalue weighted by atomic mass is 10.2. The molecule has 2 aromatic carbocycles. The van der Waals surface area contributed by atoms with Gasteiger partial charge in [-0.3, -0.25) is 9.59 Å². The first-order valence-electron chi connectivity index (χ1n) is 7.80. The van der Waals surface area contributed by atoms with Crippen molar-refractivity contribution in [1.82, 2.24) is 9.78 Å². The maximum atomic E-state index is 14.1. The highest BCUT2D eigenvalue weighted by Gasteiger charge is 2.17. The molecule has 1 aromatic heterocycles. The maximum Gasteiger partial charge on any atom is 0.280 e. The Kier molecular flexibility index (Phi) is 4.99. The number of amides is 1. The smallest absolute Gasteiger partial charge is 0.280 e. The van der Waals surface area contributed by atoms with Crippen molar-refractivity contribution in [3.8, 4) is 5.69 Å². The van der Waals surface area contributed by atoms with E-state index in [2.05, 4.69) is 26.3 Å². The largest absolute Gasteiger partial charge is 0.320 e. The summed E-state index contributed by atoms with van der Waals surface area (Å²) in [6.07, 6.45) is 0. The van der Waals surface area contributed by atoms with Gasteiger partial charge in [0.2, 0.25) is 5.43 Å². The van der Waals surface area contributed by atoms with Gasteiger partial charge in [0.05, 0.1) is 0 Å². The molecule has 26 heavy (non-hydrogen) atoms. The molecule has 132 valence electrons. The number of aromatic nitrogens is 2. The molecule has 0 atom stereocenters. The summed E-state index contributed by atoms with van der Waals surface area (Å²) < 4.78 is 16.1. The summed E-state index contributed by atoms with van der Waals surface area (Å²) in [5.41, 5.74) is 1.28. The number of anilines is 1. The molecule has 0 saturated carbocycles. The van der Waals surface area contributed by atoms with Crippen LogP contribution in [0.2, 0.25) is 0 Å². The number of nitrogens with one attached hydrogen (secondary N) is 1. The normalized spacial score (nSPS) is 10.6. The highest BCUT2D eigenvalue weighted by Crippen LogP contribution is 2.21. The maximum absolute atomic E-state index is 14.1. The van der Waals surface area contributed by atoms with E-state index in [1.165, 1.54) is 22.9 Å². The van der Waals surface area contributed by atoms with E-state index in [0.717, 1.165) is 10.0 Å². The Hall–Kier alpha value is -2.80. The molecule has 0 spiro atoms. The van der Waals surface area contributed by atoms with Crippen molar-refractivity contribution < 1.29 is 9.18 Å². The van der Waals surface area contributed by atoms with E-state index in [4.69, 9.17) is 0 Å². The molecule has 0 aliphatic carbocycles. The second-order valence-electron chi connectivity index (χ2n) is 5.78. The van der Waals surface area contributed by atoms with Crippen molar-refractivity contribution in [1.29, 1.82) is 0 Å². The minimum absolute atomic E-state index is 0.164. The van der Waals surface area contributed by atoms with Gasteiger partial charge in [-0.1, -0.05) is 34.1 Å². The van der Waals surface area contributed by atoms with Crippen LogP contribution in [0.15, 0.2) is 57.8 Å². The fourth-order valence-corrected chi connectivity index (χ4v) is 2.81. The van der Waals surface area contributed by atoms with Crippen molar-refractivity contribution in [2.24, 2.45) is 0 Å². The molecule has 0 fully saturated rings. The first-order valence-corrected chi connectivity index (χ1v) is 8.59. The van der Waals surface area contributed by atoms with E-state index < -0.39 is 17.2 Å². The lowest BCUT2D eigenvalue weighted by molar-refractivity contribution is 0.101. The third-order valence-corrected chi connectivity index (χ3v) is 4.69. The summed E-state index contributed by atoms with van der Waals surface area (Å²) in [6.45, 7) is 3.55. The molecular weight excluding hydrogens is 401 g/mol. The highest BCUT2D eigenvalue weighted by atomic mass is 79.9. The fraction of sp³-hybridized carbons (Fsp3) is 0.105. The molecule has 0 unspecified atom stereocenters. The molecule has 0 saturated heterocycles. The third-order valence-electron chi connectivity index (χ3n) is 3.83. The predicted molar refractivity (Wildman–Crippen MR) is 101 cm³/mol. The molecule has 0 aliphatic heterocycles. The Morgan fingerprint density at radius 3 is 2.58 bits per heavy atom. The van der Waals surface area contributed by atoms with Crippen molar-refractivity contribution >= 4 is 27.5 Å². The zero-order valence-corrected chi connectivity index (χ0v) is 15.7. The minimum Gasteiger partial charge on any atom is -0.320 e. The summed E-state index contributed by atoms with van der Waals surface area (Å²) in [4.78, 5) is 24.7. The summed E-state index contributed by atoms with van der Waals surface area (Å²) >= 11 is 3.39. The average molecular weight is 416 g/mol. The number of nitrogens with zero attached hydrogens (tertiary/aromatic N) is 2. The first kappa shape index (κ1) is 18.0. The summed E-state index contributed by atoms with van der Waals surface area (Å²) in [5, 5.41) is 6.72. The van der Waals surface area contributed by atoms with Gasteiger partial charge in [-0.2, -0.15) is 5.10 Å². The molecule has 1 N–H and O–H groups in total. The van der Waals surface area contributed by atoms with Gasteiger partial charge in [-0.25, -0.2) is 9.07 Å². The van der Waals surface area contributed by atoms with Crippen LogP contribution in [0.4, 0.5) is 10.1 Å². The predicted octanol–water partition coefficient (Wildman–Crippen LogP) is 4.00. The topological polar surface area (TPSA) is 64.0 Å². The number of benzene rings is 2. The van der Waals surface area contributed by atoms with Crippen molar-refractivity contribution in [3.63, 3.8) is 0 Å². The van der Waals surface area contributed by atoms with E-state index in [1.54, 1.807) is 31.2 Å². The highest BCUT2D eigenvalue weighted by molar-refractivity contribution is 9.10. The molecule has 1 heterocycles. The Morgan fingerprint density at radius 1 is 1.15 bits per heavy atom. The SMILES string of the molecule is Cc1ccc(NC(=O)c2nn(-c3ccccc3F)c(C)cc2=O)cc1Br. The Morgan fingerprint density at radius 2 is 1.88 bits per heavy atom. The number of hydrogen-bond acceptors (Lipinski definition) is 3. The average Bonchev–Trinajstić information content (AvgIpc) is 2.59. The third kappa shape index (κ3) is 3.57. The molecule has 1 amide bonds. The van der Waals surface area contributed by atoms with E-state index in [1.807, 2.05) is 13.0 Å². The lowest BCUT2D eigenvalue weighted by Gasteiger charge is -2.12. The second kappa shape index (κ2) is 7.21. The molecule has 0 aliphatic rings. The van der Waals surface area contributed by atoms with Crippen LogP contribution in [-0.2, 0) is 0 Å². The Balaban J connectivity index is 2.01. The molecule has 7 heteroatoms. The van der Waals surface area contributed by atoms with Gasteiger partial charge in [-0.05, 0) is 43.7 Å². The van der Waals surface area contributed by atoms with Crippen LogP contribution in [0.25, 0.3) is 5.69 Å². The molecule has 0 radical (unpaired) electrons. The van der Waals surface area contributed by atoms with E-state index in [-0.39, 0.29) is 11.4 Å². The number of rotatable bonds is 3. The van der Waals surface area contributed by atoms with Gasteiger partial charge in [-0.15, -0.1) is 0 Å². The van der Waals surface area contributed by atoms with E-state index in [9.17, 15) is 14.0 Å². The quantitative estimate of drug-likeness (QED) is 0.702. The van der Waals surface area contributed by atoms with Crippen molar-refractivity contribution in [2.45, 2.75) is 13.8 Å². The van der Waals surface area contributed by atoms with E-state index >= 15 is 0 Å². The van der Waals surface area contributed by atoms with Crippen LogP contribution in [0.5, 0.6) is 0 Å². The van der Waals surface area contributed by atoms with Crippen LogP contribution in [0.1, 0.15) is 21.7 Å². The number of aryl methyl sites for hydroxylation is 2. The molecule has 0 bridgehead atoms. The van der Waals surface area contributed by atoms with Gasteiger partial charge in [0, 0.05) is 21.9 Å². The summed E-state index contributed by atoms with van der Waals surface area (Å²) in [7, 11) is 0. The van der Waals surface area contributed by atoms with Crippen LogP contribution >= 0.6 is 15.9 Å². The van der Waals surface area contributed by atoms with Crippen LogP contribution < -0.4 is 10.7 Å². The monoisotopic (exact) mass is 415 g/mol. The molecular formula is C19H15BrFN3O2. The summed E-state index contributed by atoms with van der Waals surface area (Å²) in [6, 6.07) is 12.6. The molecule has 3 rings (SSSR count). The summed E-state index contributed by atoms with van der Waals surface area (Å²) in [5.74, 6) is -1.16. The van der Waals surface area contributed by atoms with Gasteiger partial charge in [0.1, 0.15) is 11.5 Å². The zero-order valence-electron chi connectivity index (χ0n) is 14.1. The number of carbonyl (C=O) groups is 1. The number of carbonyl (C=O) groups excluding carboxylic acids is 1. The lowest BCUT2D eigenvalue weighted by Crippen LogP contribution is -2.27. The minimum atomic E-state index is -0.657. The van der Waals surface area contributed by atoms with Crippen LogP contribution in [0.3, 0.4) is 0 Å². The Bertz CT molecular complexity index is 1060. The number of para-hydroxylation sites is 1. The van der Waals surface area contributed by atoms with E-state index in [0.29, 0.717) is 11.4 Å². The second-order valence-corrected chi connectivity index (χ2v) is 6.63. The standard InChI is InChI=1S/C19H15BrFN3O2/c1-11-7-8-13(10-14(11)20)22-19(26)18-17(25)9-12(2)24(23-18)16-6-4-3-5-15(16)21/h3-10H,1-2H3,(H,22,26). The zero-order chi connectivity index (χ0) is 18.8. The number of hydrogen-bond donors (Lipinski definition) is 1. The fourth-order valence-electron chi connectivity index (χ4n) is 2.43.